The van der Waals surface area contributed by atoms with Crippen molar-refractivity contribution in [1.82, 2.24) is 9.32 Å². The Kier molecular flexibility index (Phi) is 3.38. The van der Waals surface area contributed by atoms with Crippen molar-refractivity contribution in [2.75, 3.05) is 0 Å². The number of nitrogens with zero attached hydrogens (tertiary/aromatic N) is 2. The van der Waals surface area contributed by atoms with Crippen molar-refractivity contribution in [1.29, 1.82) is 0 Å². The Bertz CT molecular complexity index is 411. The van der Waals surface area contributed by atoms with Gasteiger partial charge < -0.3 is 24.4 Å². The van der Waals surface area contributed by atoms with Gasteiger partial charge in [0.25, 0.3) is 0 Å². The molecule has 1 aromatic rings. The van der Waals surface area contributed by atoms with Gasteiger partial charge in [-0.2, -0.15) is 0 Å². The lowest BCUT2D eigenvalue weighted by atomic mass is 10.2. The fourth-order valence-electron chi connectivity index (χ4n) is 0.958. The summed E-state index contributed by atoms with van der Waals surface area (Å²) in [6.45, 7) is 0. The Labute approximate surface area is 85.1 Å². The van der Waals surface area contributed by atoms with E-state index in [4.69, 9.17) is 0 Å². The molecule has 1 rings (SSSR count). The van der Waals surface area contributed by atoms with Gasteiger partial charge in [0.15, 0.2) is 0 Å². The van der Waals surface area contributed by atoms with Crippen molar-refractivity contribution >= 4 is 13.7 Å². The average Bonchev–Trinajstić information content (AvgIpc) is 2.51. The molecule has 0 aromatic carbocycles. The molecule has 1 heterocycles. The Morgan fingerprint density at radius 2 is 2.27 bits per heavy atom. The third-order valence-corrected chi connectivity index (χ3v) is 2.60. The van der Waals surface area contributed by atoms with Crippen LogP contribution in [0, 0.1) is 0 Å². The van der Waals surface area contributed by atoms with Crippen molar-refractivity contribution in [2.24, 2.45) is 0 Å². The number of amides is 1. The quantitative estimate of drug-likeness (QED) is 0.502. The summed E-state index contributed by atoms with van der Waals surface area (Å²) in [4.78, 5) is 35.6. The van der Waals surface area contributed by atoms with Crippen LogP contribution in [0.4, 0.5) is 0 Å². The van der Waals surface area contributed by atoms with Gasteiger partial charge in [0.05, 0.1) is 18.4 Å². The normalized spacial score (nSPS) is 13.9. The molecular formula is C6H11N4O4P. The van der Waals surface area contributed by atoms with Gasteiger partial charge in [-0.25, -0.2) is 9.78 Å². The van der Waals surface area contributed by atoms with Gasteiger partial charge in [0.2, 0.25) is 6.04 Å². The van der Waals surface area contributed by atoms with Gasteiger partial charge in [-0.3, -0.25) is 5.73 Å². The molecule has 9 heteroatoms. The van der Waals surface area contributed by atoms with E-state index in [9.17, 15) is 19.1 Å². The van der Waals surface area contributed by atoms with Gasteiger partial charge >= 0.3 is 5.91 Å². The van der Waals surface area contributed by atoms with E-state index >= 15 is 0 Å². The molecule has 84 valence electrons. The fraction of sp³-hybridized carbons (Fsp3) is 0.333. The van der Waals surface area contributed by atoms with E-state index in [-0.39, 0.29) is 12.3 Å². The van der Waals surface area contributed by atoms with Crippen molar-refractivity contribution in [3.8, 4) is 0 Å². The largest absolute Gasteiger partial charge is 0.795 e. The van der Waals surface area contributed by atoms with E-state index in [0.29, 0.717) is 10.0 Å². The number of aromatic nitrogens is 2. The molecule has 0 saturated carbocycles. The molecule has 1 aromatic heterocycles. The molecule has 1 atom stereocenters. The molecule has 0 fully saturated rings. The zero-order chi connectivity index (χ0) is 11.6. The van der Waals surface area contributed by atoms with Gasteiger partial charge in [0.1, 0.15) is 0 Å². The maximum Gasteiger partial charge on any atom is 0.366 e. The minimum atomic E-state index is -4.83. The summed E-state index contributed by atoms with van der Waals surface area (Å²) >= 11 is 0. The van der Waals surface area contributed by atoms with Crippen molar-refractivity contribution < 1.29 is 30.6 Å². The van der Waals surface area contributed by atoms with Crippen molar-refractivity contribution in [3.05, 3.63) is 18.2 Å². The Hall–Kier alpha value is -1.05. The molecule has 15 heavy (non-hydrogen) atoms. The van der Waals surface area contributed by atoms with Gasteiger partial charge in [0, 0.05) is 13.9 Å². The molecular weight excluding hydrogens is 223 g/mol. The summed E-state index contributed by atoms with van der Waals surface area (Å²) in [5, 5.41) is 0. The standard InChI is InChI=1S/C6H11N4O4P/c7-5(6(8)11)1-4-2-10(3-9-4)15(12,13)14/h2-3,5H,1,7H2,(H2,8,11)(H2,12,13,14). The lowest BCUT2D eigenvalue weighted by molar-refractivity contribution is -0.437. The van der Waals surface area contributed by atoms with E-state index in [1.165, 1.54) is 0 Å². The average molecular weight is 234 g/mol. The number of imidazole rings is 1. The highest BCUT2D eigenvalue weighted by atomic mass is 31.2. The molecule has 8 nitrogen and oxygen atoms in total. The summed E-state index contributed by atoms with van der Waals surface area (Å²) in [5.41, 5.74) is 7.01. The monoisotopic (exact) mass is 234 g/mol. The highest BCUT2D eigenvalue weighted by Gasteiger charge is 2.18. The Morgan fingerprint density at radius 1 is 1.67 bits per heavy atom. The van der Waals surface area contributed by atoms with E-state index in [1.54, 1.807) is 0 Å². The topological polar surface area (TPSA) is 153 Å². The maximum absolute atomic E-state index is 10.8. The second-order valence-electron chi connectivity index (χ2n) is 3.08. The van der Waals surface area contributed by atoms with Crippen LogP contribution in [-0.2, 0) is 15.8 Å². The highest BCUT2D eigenvalue weighted by molar-refractivity contribution is 7.47. The first kappa shape index (κ1) is 12.0. The Balaban J connectivity index is 2.78. The van der Waals surface area contributed by atoms with Crippen LogP contribution in [0.2, 0.25) is 0 Å². The summed E-state index contributed by atoms with van der Waals surface area (Å²) in [6, 6.07) is -0.592. The van der Waals surface area contributed by atoms with Crippen molar-refractivity contribution in [2.45, 2.75) is 12.5 Å². The van der Waals surface area contributed by atoms with Crippen LogP contribution in [0.15, 0.2) is 12.5 Å². The second kappa shape index (κ2) is 4.21. The molecule has 0 radical (unpaired) electrons. The summed E-state index contributed by atoms with van der Waals surface area (Å²) in [6.07, 6.45) is 2.13. The molecule has 0 bridgehead atoms. The van der Waals surface area contributed by atoms with Crippen LogP contribution < -0.4 is 21.3 Å². The third kappa shape index (κ3) is 3.22. The summed E-state index contributed by atoms with van der Waals surface area (Å²) < 4.78 is 11.0. The molecule has 1 amide bonds. The number of hydrogen-bond donors (Lipinski definition) is 2. The smallest absolute Gasteiger partial charge is 0.366 e. The number of quaternary nitrogens is 2. The van der Waals surface area contributed by atoms with Gasteiger partial charge in [-0.1, -0.05) is 0 Å². The number of carbonyl (C=O) groups excluding carboxylic acids is 1. The van der Waals surface area contributed by atoms with Crippen LogP contribution in [-0.4, -0.2) is 21.3 Å². The summed E-state index contributed by atoms with van der Waals surface area (Å²) in [5.74, 6) is -0.364. The second-order valence-corrected chi connectivity index (χ2v) is 4.48. The third-order valence-electron chi connectivity index (χ3n) is 1.82. The molecule has 0 aliphatic rings. The first-order valence-corrected chi connectivity index (χ1v) is 5.55. The number of rotatable bonds is 4. The molecule has 0 aliphatic carbocycles. The predicted molar refractivity (Wildman–Crippen MR) is 43.5 cm³/mol. The van der Waals surface area contributed by atoms with Gasteiger partial charge in [-0.15, -0.1) is 0 Å². The lowest BCUT2D eigenvalue weighted by Crippen LogP contribution is -2.77. The Morgan fingerprint density at radius 3 is 2.67 bits per heavy atom. The van der Waals surface area contributed by atoms with Crippen LogP contribution >= 0.6 is 7.75 Å². The minimum absolute atomic E-state index is 0.162. The van der Waals surface area contributed by atoms with E-state index in [1.807, 2.05) is 0 Å². The first-order chi connectivity index (χ1) is 6.80. The predicted octanol–water partition coefficient (Wildman–Crippen LogP) is -4.52. The van der Waals surface area contributed by atoms with Crippen LogP contribution in [0.25, 0.3) is 0 Å². The molecule has 0 spiro atoms. The highest BCUT2D eigenvalue weighted by Crippen LogP contribution is 2.25. The molecule has 6 N–H and O–H groups in total. The molecule has 0 aliphatic heterocycles. The SMILES string of the molecule is [NH3+]C(=O)C([NH3+])Cc1cn(P(=O)([O-])[O-])cn1. The lowest BCUT2D eigenvalue weighted by Gasteiger charge is -2.29. The minimum Gasteiger partial charge on any atom is -0.795 e. The molecule has 0 saturated heterocycles. The van der Waals surface area contributed by atoms with Crippen LogP contribution in [0.1, 0.15) is 5.69 Å². The zero-order valence-electron chi connectivity index (χ0n) is 7.83. The van der Waals surface area contributed by atoms with Gasteiger partial charge in [-0.05, 0) is 0 Å². The first-order valence-electron chi connectivity index (χ1n) is 4.05. The van der Waals surface area contributed by atoms with Crippen LogP contribution in [0.5, 0.6) is 0 Å². The summed E-state index contributed by atoms with van der Waals surface area (Å²) in [7, 11) is -4.83. The number of hydrogen-bond acceptors (Lipinski definition) is 5. The van der Waals surface area contributed by atoms with E-state index in [2.05, 4.69) is 16.5 Å². The zero-order valence-corrected chi connectivity index (χ0v) is 8.72. The molecule has 1 unspecified atom stereocenters. The van der Waals surface area contributed by atoms with E-state index < -0.39 is 13.8 Å². The van der Waals surface area contributed by atoms with Crippen LogP contribution in [0.3, 0.4) is 0 Å². The maximum atomic E-state index is 10.8. The van der Waals surface area contributed by atoms with Crippen molar-refractivity contribution in [3.63, 3.8) is 0 Å². The number of carbonyl (C=O) groups is 1. The van der Waals surface area contributed by atoms with E-state index in [0.717, 1.165) is 12.5 Å². The fourth-order valence-corrected chi connectivity index (χ4v) is 1.41.